The monoisotopic (exact) mass is 295 g/mol. The Morgan fingerprint density at radius 1 is 1.14 bits per heavy atom. The van der Waals surface area contributed by atoms with Crippen molar-refractivity contribution in [2.75, 3.05) is 6.54 Å². The van der Waals surface area contributed by atoms with E-state index < -0.39 is 0 Å². The van der Waals surface area contributed by atoms with Crippen LogP contribution in [-0.4, -0.2) is 31.2 Å². The molecule has 0 amide bonds. The summed E-state index contributed by atoms with van der Waals surface area (Å²) in [5, 5.41) is 8.76. The molecule has 2 aliphatic rings. The van der Waals surface area contributed by atoms with Crippen molar-refractivity contribution in [2.45, 2.75) is 38.4 Å². The van der Waals surface area contributed by atoms with E-state index >= 15 is 0 Å². The fourth-order valence-electron chi connectivity index (χ4n) is 3.19. The number of hydrogen-bond donors (Lipinski definition) is 0. The lowest BCUT2D eigenvalue weighted by Crippen LogP contribution is -2.34. The Kier molecular flexibility index (Phi) is 2.61. The van der Waals surface area contributed by atoms with Crippen LogP contribution in [0.3, 0.4) is 0 Å². The quantitative estimate of drug-likeness (QED) is 0.742. The molecule has 1 saturated carbocycles. The van der Waals surface area contributed by atoms with Crippen LogP contribution in [0, 0.1) is 0 Å². The van der Waals surface area contributed by atoms with Crippen LogP contribution < -0.4 is 0 Å². The van der Waals surface area contributed by atoms with Gasteiger partial charge in [-0.15, -0.1) is 10.2 Å². The van der Waals surface area contributed by atoms with Crippen LogP contribution in [0.2, 0.25) is 0 Å². The van der Waals surface area contributed by atoms with Gasteiger partial charge in [0.05, 0.1) is 13.1 Å². The van der Waals surface area contributed by atoms with Crippen molar-refractivity contribution < 1.29 is 4.42 Å². The molecule has 0 unspecified atom stereocenters. The minimum absolute atomic E-state index is 0.657. The van der Waals surface area contributed by atoms with E-state index in [0.717, 1.165) is 49.0 Å². The molecular weight excluding hydrogens is 278 g/mol. The lowest BCUT2D eigenvalue weighted by Gasteiger charge is -2.26. The number of benzene rings is 1. The number of oxazole rings is 1. The summed E-state index contributed by atoms with van der Waals surface area (Å²) in [5.74, 6) is 3.70. The average Bonchev–Trinajstić information content (AvgIpc) is 3.16. The Morgan fingerprint density at radius 3 is 2.91 bits per heavy atom. The molecule has 6 heteroatoms. The van der Waals surface area contributed by atoms with Gasteiger partial charge in [-0.05, 0) is 25.0 Å². The largest absolute Gasteiger partial charge is 0.439 e. The molecule has 3 heterocycles. The van der Waals surface area contributed by atoms with E-state index in [9.17, 15) is 0 Å². The van der Waals surface area contributed by atoms with Gasteiger partial charge < -0.3 is 8.98 Å². The molecule has 1 aliphatic carbocycles. The summed E-state index contributed by atoms with van der Waals surface area (Å²) in [6.07, 6.45) is 2.54. The lowest BCUT2D eigenvalue weighted by molar-refractivity contribution is 0.190. The van der Waals surface area contributed by atoms with Crippen molar-refractivity contribution in [3.05, 3.63) is 41.8 Å². The van der Waals surface area contributed by atoms with Gasteiger partial charge in [-0.2, -0.15) is 0 Å². The van der Waals surface area contributed by atoms with Crippen molar-refractivity contribution in [2.24, 2.45) is 0 Å². The zero-order valence-corrected chi connectivity index (χ0v) is 12.3. The molecule has 2 aromatic heterocycles. The van der Waals surface area contributed by atoms with E-state index in [1.165, 1.54) is 18.7 Å². The second kappa shape index (κ2) is 4.64. The highest BCUT2D eigenvalue weighted by Crippen LogP contribution is 2.39. The number of rotatable bonds is 3. The van der Waals surface area contributed by atoms with Crippen LogP contribution in [0.25, 0.3) is 11.1 Å². The van der Waals surface area contributed by atoms with Crippen LogP contribution >= 0.6 is 0 Å². The zero-order chi connectivity index (χ0) is 14.5. The predicted molar refractivity (Wildman–Crippen MR) is 80.1 cm³/mol. The number of nitrogens with zero attached hydrogens (tertiary/aromatic N) is 5. The molecule has 22 heavy (non-hydrogen) atoms. The molecule has 0 N–H and O–H groups in total. The Hall–Kier alpha value is -2.21. The maximum absolute atomic E-state index is 5.82. The van der Waals surface area contributed by atoms with E-state index in [1.807, 2.05) is 24.3 Å². The summed E-state index contributed by atoms with van der Waals surface area (Å²) in [4.78, 5) is 6.88. The summed E-state index contributed by atoms with van der Waals surface area (Å²) in [5.41, 5.74) is 1.78. The fourth-order valence-corrected chi connectivity index (χ4v) is 3.19. The molecule has 0 spiro atoms. The first-order valence-corrected chi connectivity index (χ1v) is 7.85. The Balaban J connectivity index is 1.36. The lowest BCUT2D eigenvalue weighted by atomic mass is 10.3. The second-order valence-corrected chi connectivity index (χ2v) is 6.19. The van der Waals surface area contributed by atoms with Crippen molar-refractivity contribution in [3.63, 3.8) is 0 Å². The highest BCUT2D eigenvalue weighted by Gasteiger charge is 2.32. The first-order chi connectivity index (χ1) is 10.9. The van der Waals surface area contributed by atoms with Crippen molar-refractivity contribution in [1.29, 1.82) is 0 Å². The molecule has 112 valence electrons. The molecule has 0 radical (unpaired) electrons. The van der Waals surface area contributed by atoms with Gasteiger partial charge >= 0.3 is 0 Å². The van der Waals surface area contributed by atoms with E-state index in [1.54, 1.807) is 0 Å². The predicted octanol–water partition coefficient (Wildman–Crippen LogP) is 2.31. The van der Waals surface area contributed by atoms with Gasteiger partial charge in [-0.25, -0.2) is 4.98 Å². The summed E-state index contributed by atoms with van der Waals surface area (Å²) >= 11 is 0. The molecule has 0 bridgehead atoms. The molecule has 1 fully saturated rings. The highest BCUT2D eigenvalue weighted by molar-refractivity contribution is 5.72. The van der Waals surface area contributed by atoms with Gasteiger partial charge in [-0.1, -0.05) is 12.1 Å². The van der Waals surface area contributed by atoms with Gasteiger partial charge in [0.25, 0.3) is 0 Å². The van der Waals surface area contributed by atoms with Gasteiger partial charge in [-0.3, -0.25) is 4.90 Å². The second-order valence-electron chi connectivity index (χ2n) is 6.19. The molecule has 1 aliphatic heterocycles. The number of aromatic nitrogens is 4. The Bertz CT molecular complexity index is 799. The molecule has 0 atom stereocenters. The first kappa shape index (κ1) is 12.3. The van der Waals surface area contributed by atoms with Crippen LogP contribution in [-0.2, 0) is 19.6 Å². The first-order valence-electron chi connectivity index (χ1n) is 7.85. The smallest absolute Gasteiger partial charge is 0.209 e. The van der Waals surface area contributed by atoms with Crippen molar-refractivity contribution in [3.8, 4) is 0 Å². The van der Waals surface area contributed by atoms with Crippen LogP contribution in [0.4, 0.5) is 0 Å². The van der Waals surface area contributed by atoms with Crippen LogP contribution in [0.15, 0.2) is 28.7 Å². The van der Waals surface area contributed by atoms with Crippen LogP contribution in [0.1, 0.15) is 36.3 Å². The van der Waals surface area contributed by atoms with Crippen molar-refractivity contribution >= 4 is 11.1 Å². The standard InChI is InChI=1S/C16H17N5O/c1-2-4-13-12(3-1)17-15(22-13)10-20-7-8-21-14(9-20)18-19-16(21)11-5-6-11/h1-4,11H,5-10H2. The third kappa shape index (κ3) is 2.02. The SMILES string of the molecule is c1ccc2oc(CN3CCn4c(nnc4C4CC4)C3)nc2c1. The summed E-state index contributed by atoms with van der Waals surface area (Å²) in [6, 6.07) is 7.90. The zero-order valence-electron chi connectivity index (χ0n) is 12.3. The fraction of sp³-hybridized carbons (Fsp3) is 0.438. The van der Waals surface area contributed by atoms with Gasteiger partial charge in [0.1, 0.15) is 17.2 Å². The van der Waals surface area contributed by atoms with E-state index in [0.29, 0.717) is 5.92 Å². The third-order valence-electron chi connectivity index (χ3n) is 4.50. The number of hydrogen-bond acceptors (Lipinski definition) is 5. The van der Waals surface area contributed by atoms with Gasteiger partial charge in [0, 0.05) is 19.0 Å². The van der Waals surface area contributed by atoms with E-state index in [4.69, 9.17) is 4.42 Å². The Morgan fingerprint density at radius 2 is 2.05 bits per heavy atom. The van der Waals surface area contributed by atoms with E-state index in [-0.39, 0.29) is 0 Å². The van der Waals surface area contributed by atoms with Gasteiger partial charge in [0.2, 0.25) is 5.89 Å². The minimum Gasteiger partial charge on any atom is -0.439 e. The molecule has 0 saturated heterocycles. The number of fused-ring (bicyclic) bond motifs is 2. The third-order valence-corrected chi connectivity index (χ3v) is 4.50. The van der Waals surface area contributed by atoms with E-state index in [2.05, 4.69) is 24.6 Å². The number of para-hydroxylation sites is 2. The Labute approximate surface area is 127 Å². The summed E-state index contributed by atoms with van der Waals surface area (Å²) < 4.78 is 8.12. The normalized spacial score (nSPS) is 18.7. The molecule has 6 nitrogen and oxygen atoms in total. The molecular formula is C16H17N5O. The summed E-state index contributed by atoms with van der Waals surface area (Å²) in [6.45, 7) is 3.50. The maximum atomic E-state index is 5.82. The summed E-state index contributed by atoms with van der Waals surface area (Å²) in [7, 11) is 0. The molecule has 5 rings (SSSR count). The molecule has 1 aromatic carbocycles. The highest BCUT2D eigenvalue weighted by atomic mass is 16.3. The molecule has 3 aromatic rings. The van der Waals surface area contributed by atoms with Crippen LogP contribution in [0.5, 0.6) is 0 Å². The van der Waals surface area contributed by atoms with Gasteiger partial charge in [0.15, 0.2) is 5.58 Å². The minimum atomic E-state index is 0.657. The topological polar surface area (TPSA) is 60.0 Å². The average molecular weight is 295 g/mol. The van der Waals surface area contributed by atoms with Crippen molar-refractivity contribution in [1.82, 2.24) is 24.6 Å². The maximum Gasteiger partial charge on any atom is 0.209 e.